The molecule has 0 spiro atoms. The number of para-hydroxylation sites is 1. The fourth-order valence-corrected chi connectivity index (χ4v) is 3.40. The molecule has 0 aliphatic carbocycles. The topological polar surface area (TPSA) is 39.7 Å². The molecule has 2 aliphatic rings. The van der Waals surface area contributed by atoms with Gasteiger partial charge in [-0.1, -0.05) is 42.5 Å². The number of hydrogen-bond acceptors (Lipinski definition) is 4. The van der Waals surface area contributed by atoms with Crippen molar-refractivity contribution in [1.29, 1.82) is 0 Å². The van der Waals surface area contributed by atoms with Crippen LogP contribution in [0.15, 0.2) is 53.5 Å². The molecule has 2 aromatic rings. The van der Waals surface area contributed by atoms with E-state index in [1.54, 1.807) is 0 Å². The third-order valence-corrected chi connectivity index (χ3v) is 4.75. The van der Waals surface area contributed by atoms with Gasteiger partial charge < -0.3 is 15.5 Å². The van der Waals surface area contributed by atoms with E-state index in [9.17, 15) is 0 Å². The number of fused-ring (bicyclic) bond motifs is 1. The fraction of sp³-hybridized carbons (Fsp3) is 0.350. The highest BCUT2D eigenvalue weighted by molar-refractivity contribution is 5.81. The van der Waals surface area contributed by atoms with Gasteiger partial charge in [-0.2, -0.15) is 0 Å². The summed E-state index contributed by atoms with van der Waals surface area (Å²) in [7, 11) is 0. The van der Waals surface area contributed by atoms with Crippen LogP contribution in [0.5, 0.6) is 0 Å². The van der Waals surface area contributed by atoms with Crippen LogP contribution in [0.25, 0.3) is 0 Å². The van der Waals surface area contributed by atoms with Gasteiger partial charge in [0.25, 0.3) is 0 Å². The van der Waals surface area contributed by atoms with Crippen LogP contribution < -0.4 is 15.5 Å². The second-order valence-electron chi connectivity index (χ2n) is 6.70. The van der Waals surface area contributed by atoms with Crippen molar-refractivity contribution >= 4 is 11.6 Å². The maximum absolute atomic E-state index is 4.43. The normalized spacial score (nSPS) is 19.0. The van der Waals surface area contributed by atoms with Crippen LogP contribution in [-0.4, -0.2) is 25.1 Å². The van der Waals surface area contributed by atoms with E-state index in [0.29, 0.717) is 6.04 Å². The van der Waals surface area contributed by atoms with E-state index in [2.05, 4.69) is 76.0 Å². The Kier molecular flexibility index (Phi) is 4.11. The van der Waals surface area contributed by atoms with Crippen molar-refractivity contribution in [2.75, 3.05) is 18.0 Å². The minimum atomic E-state index is 0.443. The Labute approximate surface area is 143 Å². The monoisotopic (exact) mass is 320 g/mol. The molecule has 2 aliphatic heterocycles. The summed E-state index contributed by atoms with van der Waals surface area (Å²) in [5, 5.41) is 6.69. The Bertz CT molecular complexity index is 736. The summed E-state index contributed by atoms with van der Waals surface area (Å²) in [5.74, 6) is 0.917. The fourth-order valence-electron chi connectivity index (χ4n) is 3.40. The number of benzene rings is 2. The molecule has 4 heteroatoms. The van der Waals surface area contributed by atoms with Gasteiger partial charge in [-0.15, -0.1) is 0 Å². The van der Waals surface area contributed by atoms with E-state index in [4.69, 9.17) is 0 Å². The van der Waals surface area contributed by atoms with Gasteiger partial charge in [0.05, 0.1) is 6.54 Å². The van der Waals surface area contributed by atoms with Crippen molar-refractivity contribution in [3.05, 3.63) is 65.2 Å². The highest BCUT2D eigenvalue weighted by Crippen LogP contribution is 2.28. The molecule has 0 radical (unpaired) electrons. The van der Waals surface area contributed by atoms with Crippen molar-refractivity contribution in [1.82, 2.24) is 10.6 Å². The summed E-state index contributed by atoms with van der Waals surface area (Å²) in [4.78, 5) is 6.90. The maximum Gasteiger partial charge on any atom is 0.191 e. The van der Waals surface area contributed by atoms with Crippen molar-refractivity contribution in [3.63, 3.8) is 0 Å². The van der Waals surface area contributed by atoms with E-state index in [1.807, 2.05) is 0 Å². The second-order valence-corrected chi connectivity index (χ2v) is 6.70. The number of guanidine groups is 1. The summed E-state index contributed by atoms with van der Waals surface area (Å²) in [6.45, 7) is 5.91. The molecule has 1 atom stereocenters. The van der Waals surface area contributed by atoms with E-state index in [-0.39, 0.29) is 0 Å². The molecule has 0 aromatic heterocycles. The van der Waals surface area contributed by atoms with Gasteiger partial charge in [0.1, 0.15) is 0 Å². The van der Waals surface area contributed by atoms with Crippen molar-refractivity contribution < 1.29 is 0 Å². The van der Waals surface area contributed by atoms with Gasteiger partial charge in [0, 0.05) is 31.4 Å². The van der Waals surface area contributed by atoms with Crippen LogP contribution in [0.1, 0.15) is 23.6 Å². The first-order valence-corrected chi connectivity index (χ1v) is 8.73. The Morgan fingerprint density at radius 3 is 2.71 bits per heavy atom. The lowest BCUT2D eigenvalue weighted by Crippen LogP contribution is -2.37. The molecule has 24 heavy (non-hydrogen) atoms. The molecular formula is C20H24N4. The number of hydrogen-bond donors (Lipinski definition) is 2. The number of rotatable bonds is 4. The van der Waals surface area contributed by atoms with Crippen LogP contribution in [0, 0.1) is 0 Å². The van der Waals surface area contributed by atoms with E-state index >= 15 is 0 Å². The second kappa shape index (κ2) is 6.56. The van der Waals surface area contributed by atoms with Crippen LogP contribution in [0.2, 0.25) is 0 Å². The predicted octanol–water partition coefficient (Wildman–Crippen LogP) is 2.69. The Morgan fingerprint density at radius 1 is 1.12 bits per heavy atom. The van der Waals surface area contributed by atoms with Crippen molar-refractivity contribution in [3.8, 4) is 0 Å². The molecular weight excluding hydrogens is 296 g/mol. The van der Waals surface area contributed by atoms with Crippen molar-refractivity contribution in [2.45, 2.75) is 32.5 Å². The molecule has 4 nitrogen and oxygen atoms in total. The van der Waals surface area contributed by atoms with Gasteiger partial charge in [0.15, 0.2) is 5.96 Å². The average Bonchev–Trinajstić information content (AvgIpc) is 3.21. The molecule has 2 aromatic carbocycles. The summed E-state index contributed by atoms with van der Waals surface area (Å²) >= 11 is 0. The minimum Gasteiger partial charge on any atom is -0.367 e. The number of nitrogens with zero attached hydrogens (tertiary/aromatic N) is 2. The van der Waals surface area contributed by atoms with E-state index in [0.717, 1.165) is 38.6 Å². The van der Waals surface area contributed by atoms with Gasteiger partial charge in [0.2, 0.25) is 0 Å². The first kappa shape index (κ1) is 15.1. The summed E-state index contributed by atoms with van der Waals surface area (Å²) in [6, 6.07) is 18.1. The Hall–Kier alpha value is -2.49. The number of aliphatic imine (C=N–C) groups is 1. The molecule has 0 bridgehead atoms. The molecule has 0 saturated heterocycles. The molecule has 1 unspecified atom stereocenters. The highest BCUT2D eigenvalue weighted by Gasteiger charge is 2.18. The largest absolute Gasteiger partial charge is 0.367 e. The Morgan fingerprint density at radius 2 is 1.92 bits per heavy atom. The van der Waals surface area contributed by atoms with Gasteiger partial charge >= 0.3 is 0 Å². The third-order valence-electron chi connectivity index (χ3n) is 4.75. The zero-order valence-corrected chi connectivity index (χ0v) is 14.1. The summed E-state index contributed by atoms with van der Waals surface area (Å²) in [6.07, 6.45) is 1.16. The third kappa shape index (κ3) is 3.23. The van der Waals surface area contributed by atoms with Gasteiger partial charge in [-0.25, -0.2) is 0 Å². The summed E-state index contributed by atoms with van der Waals surface area (Å²) < 4.78 is 0. The van der Waals surface area contributed by atoms with E-state index in [1.165, 1.54) is 22.4 Å². The van der Waals surface area contributed by atoms with Crippen LogP contribution >= 0.6 is 0 Å². The van der Waals surface area contributed by atoms with Crippen molar-refractivity contribution in [2.24, 2.45) is 4.99 Å². The van der Waals surface area contributed by atoms with Gasteiger partial charge in [-0.05, 0) is 36.1 Å². The molecule has 0 fully saturated rings. The average molecular weight is 320 g/mol. The zero-order valence-electron chi connectivity index (χ0n) is 14.1. The smallest absolute Gasteiger partial charge is 0.191 e. The lowest BCUT2D eigenvalue weighted by molar-refractivity contribution is 0.713. The Balaban J connectivity index is 1.35. The van der Waals surface area contributed by atoms with Gasteiger partial charge in [-0.3, -0.25) is 4.99 Å². The quantitative estimate of drug-likeness (QED) is 0.910. The van der Waals surface area contributed by atoms with Crippen LogP contribution in [-0.2, 0) is 19.5 Å². The lowest BCUT2D eigenvalue weighted by atomic mass is 10.1. The lowest BCUT2D eigenvalue weighted by Gasteiger charge is -2.19. The molecule has 4 rings (SSSR count). The standard InChI is InChI=1S/C20H24N4/c1-15-12-21-20(23-15)22-13-16-6-8-17(9-7-16)14-24-11-10-18-4-2-3-5-19(18)24/h2-9,15H,10-14H2,1H3,(H2,21,22,23). The maximum atomic E-state index is 4.43. The number of nitrogens with one attached hydrogen (secondary N) is 2. The molecule has 0 saturated carbocycles. The zero-order chi connectivity index (χ0) is 16.4. The molecule has 0 amide bonds. The SMILES string of the molecule is CC1CN=C(NCc2ccc(CN3CCc4ccccc43)cc2)N1. The molecule has 2 N–H and O–H groups in total. The minimum absolute atomic E-state index is 0.443. The molecule has 124 valence electrons. The van der Waals surface area contributed by atoms with E-state index < -0.39 is 0 Å². The highest BCUT2D eigenvalue weighted by atomic mass is 15.2. The first-order chi connectivity index (χ1) is 11.8. The predicted molar refractivity (Wildman–Crippen MR) is 99.4 cm³/mol. The summed E-state index contributed by atoms with van der Waals surface area (Å²) in [5.41, 5.74) is 5.50. The van der Waals surface area contributed by atoms with Crippen LogP contribution in [0.4, 0.5) is 5.69 Å². The van der Waals surface area contributed by atoms with Crippen LogP contribution in [0.3, 0.4) is 0 Å². The first-order valence-electron chi connectivity index (χ1n) is 8.73. The molecule has 2 heterocycles. The number of anilines is 1.